The van der Waals surface area contributed by atoms with Gasteiger partial charge in [-0.3, -0.25) is 0 Å². The molecule has 1 N–H and O–H groups in total. The van der Waals surface area contributed by atoms with Crippen molar-refractivity contribution in [2.45, 2.75) is 46.0 Å². The lowest BCUT2D eigenvalue weighted by molar-refractivity contribution is -0.496. The SMILES string of the molecule is Cc1ccc(-c2c(C)n(O)c3c([n+]2=O)CCCCC3)o1. The Balaban J connectivity index is 2.29. The Hall–Kier alpha value is -2.04. The zero-order chi connectivity index (χ0) is 14.3. The lowest BCUT2D eigenvalue weighted by atomic mass is 10.1. The van der Waals surface area contributed by atoms with E-state index >= 15 is 0 Å². The summed E-state index contributed by atoms with van der Waals surface area (Å²) < 4.78 is 7.68. The first-order valence-corrected chi connectivity index (χ1v) is 7.05. The van der Waals surface area contributed by atoms with Gasteiger partial charge in [-0.1, -0.05) is 6.42 Å². The maximum Gasteiger partial charge on any atom is 0.327 e. The molecule has 1 aliphatic carbocycles. The highest BCUT2D eigenvalue weighted by Crippen LogP contribution is 2.25. The van der Waals surface area contributed by atoms with E-state index in [1.165, 1.54) is 4.73 Å². The van der Waals surface area contributed by atoms with Crippen LogP contribution in [0.5, 0.6) is 0 Å². The molecule has 5 nitrogen and oxygen atoms in total. The van der Waals surface area contributed by atoms with Crippen molar-refractivity contribution in [3.63, 3.8) is 0 Å². The van der Waals surface area contributed by atoms with E-state index in [1.807, 2.05) is 13.0 Å². The van der Waals surface area contributed by atoms with E-state index in [9.17, 15) is 10.1 Å². The summed E-state index contributed by atoms with van der Waals surface area (Å²) >= 11 is 0. The minimum atomic E-state index is 0.404. The number of rotatable bonds is 1. The fraction of sp³-hybridized carbons (Fsp3) is 0.467. The zero-order valence-electron chi connectivity index (χ0n) is 11.8. The van der Waals surface area contributed by atoms with Crippen molar-refractivity contribution in [3.05, 3.63) is 39.9 Å². The molecule has 0 aliphatic heterocycles. The molecule has 1 aliphatic rings. The summed E-state index contributed by atoms with van der Waals surface area (Å²) in [6.45, 7) is 3.58. The minimum absolute atomic E-state index is 0.404. The average molecular weight is 275 g/mol. The van der Waals surface area contributed by atoms with Crippen LogP contribution in [0.2, 0.25) is 0 Å². The monoisotopic (exact) mass is 275 g/mol. The van der Waals surface area contributed by atoms with E-state index in [4.69, 9.17) is 4.42 Å². The standard InChI is InChI=1S/C15H19N2O3/c1-10-8-9-14(20-10)15-11(2)16(18)12-6-4-3-5-7-13(12)17(15)19/h8-9,18H,3-7H2,1-2H3/q+1. The Morgan fingerprint density at radius 3 is 2.65 bits per heavy atom. The van der Waals surface area contributed by atoms with Crippen LogP contribution in [-0.4, -0.2) is 9.94 Å². The number of aromatic nitrogens is 2. The van der Waals surface area contributed by atoms with E-state index < -0.39 is 0 Å². The van der Waals surface area contributed by atoms with Gasteiger partial charge in [0.2, 0.25) is 5.76 Å². The van der Waals surface area contributed by atoms with Crippen molar-refractivity contribution in [2.24, 2.45) is 0 Å². The third-order valence-corrected chi connectivity index (χ3v) is 4.00. The van der Waals surface area contributed by atoms with Crippen LogP contribution in [-0.2, 0) is 12.8 Å². The van der Waals surface area contributed by atoms with Gasteiger partial charge in [0.15, 0.2) is 0 Å². The number of fused-ring (bicyclic) bond motifs is 1. The first-order chi connectivity index (χ1) is 9.59. The predicted octanol–water partition coefficient (Wildman–Crippen LogP) is 2.79. The molecule has 106 valence electrons. The molecular weight excluding hydrogens is 256 g/mol. The molecule has 0 saturated carbocycles. The molecule has 2 aromatic rings. The smallest absolute Gasteiger partial charge is 0.327 e. The molecular formula is C15H19N2O3+. The maximum absolute atomic E-state index is 12.7. The van der Waals surface area contributed by atoms with Crippen molar-refractivity contribution in [1.29, 1.82) is 0 Å². The molecule has 2 heterocycles. The van der Waals surface area contributed by atoms with Crippen LogP contribution in [0.1, 0.15) is 42.1 Å². The van der Waals surface area contributed by atoms with Gasteiger partial charge in [-0.15, -0.1) is 0 Å². The van der Waals surface area contributed by atoms with Crippen LogP contribution in [0.4, 0.5) is 0 Å². The summed E-state index contributed by atoms with van der Waals surface area (Å²) in [4.78, 5) is 12.7. The largest absolute Gasteiger partial charge is 0.455 e. The lowest BCUT2D eigenvalue weighted by Gasteiger charge is -2.09. The third kappa shape index (κ3) is 1.94. The molecule has 2 aromatic heterocycles. The summed E-state index contributed by atoms with van der Waals surface area (Å²) in [6, 6.07) is 3.59. The van der Waals surface area contributed by atoms with Gasteiger partial charge in [0, 0.05) is 11.3 Å². The minimum Gasteiger partial charge on any atom is -0.455 e. The van der Waals surface area contributed by atoms with Crippen molar-refractivity contribution in [3.8, 4) is 11.5 Å². The number of nitrogens with zero attached hydrogens (tertiary/aromatic N) is 2. The van der Waals surface area contributed by atoms with E-state index in [-0.39, 0.29) is 0 Å². The van der Waals surface area contributed by atoms with Crippen LogP contribution in [0.3, 0.4) is 0 Å². The first kappa shape index (κ1) is 13.0. The van der Waals surface area contributed by atoms with E-state index in [2.05, 4.69) is 0 Å². The highest BCUT2D eigenvalue weighted by Gasteiger charge is 2.31. The second kappa shape index (κ2) is 4.81. The highest BCUT2D eigenvalue weighted by atomic mass is 16.5. The van der Waals surface area contributed by atoms with Crippen LogP contribution >= 0.6 is 0 Å². The van der Waals surface area contributed by atoms with Gasteiger partial charge in [0.1, 0.15) is 17.1 Å². The summed E-state index contributed by atoms with van der Waals surface area (Å²) in [5.74, 6) is 1.25. The Bertz CT molecular complexity index is 713. The summed E-state index contributed by atoms with van der Waals surface area (Å²) in [5.41, 5.74) is 2.33. The van der Waals surface area contributed by atoms with Gasteiger partial charge >= 0.3 is 5.69 Å². The van der Waals surface area contributed by atoms with Crippen LogP contribution in [0, 0.1) is 18.8 Å². The molecule has 20 heavy (non-hydrogen) atoms. The van der Waals surface area contributed by atoms with Gasteiger partial charge in [-0.25, -0.2) is 0 Å². The molecule has 0 aromatic carbocycles. The van der Waals surface area contributed by atoms with Gasteiger partial charge in [0.05, 0.1) is 4.43 Å². The van der Waals surface area contributed by atoms with E-state index in [0.29, 0.717) is 29.3 Å². The van der Waals surface area contributed by atoms with Crippen molar-refractivity contribution in [1.82, 2.24) is 4.73 Å². The molecule has 0 bridgehead atoms. The number of aryl methyl sites for hydroxylation is 1. The second-order valence-electron chi connectivity index (χ2n) is 5.40. The molecule has 0 unspecified atom stereocenters. The van der Waals surface area contributed by atoms with Crippen LogP contribution < -0.4 is 4.43 Å². The molecule has 5 heteroatoms. The fourth-order valence-corrected chi connectivity index (χ4v) is 2.92. The molecule has 0 fully saturated rings. The highest BCUT2D eigenvalue weighted by molar-refractivity contribution is 5.52. The number of hydrogen-bond donors (Lipinski definition) is 1. The summed E-state index contributed by atoms with van der Waals surface area (Å²) in [7, 11) is 0. The Kier molecular flexibility index (Phi) is 3.12. The molecule has 0 saturated heterocycles. The maximum atomic E-state index is 12.7. The van der Waals surface area contributed by atoms with Crippen molar-refractivity contribution in [2.75, 3.05) is 0 Å². The molecule has 0 radical (unpaired) electrons. The quantitative estimate of drug-likeness (QED) is 0.494. The normalized spacial score (nSPS) is 14.9. The van der Waals surface area contributed by atoms with Crippen LogP contribution in [0.15, 0.2) is 16.5 Å². The third-order valence-electron chi connectivity index (χ3n) is 4.00. The Morgan fingerprint density at radius 1 is 1.20 bits per heavy atom. The molecule has 0 amide bonds. The summed E-state index contributed by atoms with van der Waals surface area (Å²) in [6.07, 6.45) is 4.52. The summed E-state index contributed by atoms with van der Waals surface area (Å²) in [5, 5.41) is 10.4. The van der Waals surface area contributed by atoms with Gasteiger partial charge < -0.3 is 9.62 Å². The van der Waals surface area contributed by atoms with Crippen molar-refractivity contribution >= 4 is 0 Å². The van der Waals surface area contributed by atoms with E-state index in [1.54, 1.807) is 13.0 Å². The Morgan fingerprint density at radius 2 is 1.95 bits per heavy atom. The number of hydrogen-bond acceptors (Lipinski definition) is 3. The first-order valence-electron chi connectivity index (χ1n) is 7.05. The molecule has 3 rings (SSSR count). The second-order valence-corrected chi connectivity index (χ2v) is 5.40. The van der Waals surface area contributed by atoms with Gasteiger partial charge in [-0.2, -0.15) is 4.73 Å². The fourth-order valence-electron chi connectivity index (χ4n) is 2.92. The van der Waals surface area contributed by atoms with Crippen molar-refractivity contribution < 1.29 is 14.1 Å². The number of furan rings is 1. The average Bonchev–Trinajstić information content (AvgIpc) is 2.71. The lowest BCUT2D eigenvalue weighted by Crippen LogP contribution is -2.31. The molecule has 0 spiro atoms. The zero-order valence-corrected chi connectivity index (χ0v) is 11.8. The topological polar surface area (TPSA) is 61.3 Å². The Labute approximate surface area is 117 Å². The van der Waals surface area contributed by atoms with Gasteiger partial charge in [-0.05, 0) is 45.2 Å². The molecule has 0 atom stereocenters. The van der Waals surface area contributed by atoms with Crippen LogP contribution in [0.25, 0.3) is 11.5 Å². The van der Waals surface area contributed by atoms with Gasteiger partial charge in [0.25, 0.3) is 5.69 Å². The predicted molar refractivity (Wildman–Crippen MR) is 73.4 cm³/mol. The van der Waals surface area contributed by atoms with E-state index in [0.717, 1.165) is 41.6 Å².